The van der Waals surface area contributed by atoms with E-state index in [1.165, 1.54) is 19.3 Å². The second-order valence-corrected chi connectivity index (χ2v) is 4.29. The molecule has 0 aromatic heterocycles. The first kappa shape index (κ1) is 11.6. The first-order valence-corrected chi connectivity index (χ1v) is 5.30. The largest absolute Gasteiger partial charge is 0.547 e. The molecule has 4 heteroatoms. The van der Waals surface area contributed by atoms with Gasteiger partial charge >= 0.3 is 7.19 Å². The van der Waals surface area contributed by atoms with Crippen LogP contribution in [0.5, 0.6) is 0 Å². The molecular weight excluding hydrogens is 175 g/mol. The molecule has 1 aliphatic carbocycles. The van der Waals surface area contributed by atoms with Gasteiger partial charge < -0.3 is 4.65 Å². The lowest BCUT2D eigenvalue weighted by Gasteiger charge is -2.28. The van der Waals surface area contributed by atoms with Gasteiger partial charge in [0.1, 0.15) is 0 Å². The smallest absolute Gasteiger partial charge is 0.536 e. The second-order valence-electron chi connectivity index (χ2n) is 4.29. The number of rotatable bonds is 4. The Labute approximate surface area is 87.9 Å². The monoisotopic (exact) mass is 196 g/mol. The van der Waals surface area contributed by atoms with Gasteiger partial charge in [-0.05, 0) is 53.5 Å². The molecule has 0 amide bonds. The number of allylic oxidation sites excluding steroid dienone is 2. The van der Waals surface area contributed by atoms with E-state index in [0.717, 1.165) is 12.2 Å². The van der Waals surface area contributed by atoms with Crippen molar-refractivity contribution in [3.63, 3.8) is 0 Å². The zero-order chi connectivity index (χ0) is 10.6. The van der Waals surface area contributed by atoms with Gasteiger partial charge in [0, 0.05) is 6.42 Å². The van der Waals surface area contributed by atoms with Gasteiger partial charge in [0.2, 0.25) is 0 Å². The van der Waals surface area contributed by atoms with Crippen molar-refractivity contribution in [1.82, 2.24) is 9.62 Å². The van der Waals surface area contributed by atoms with Gasteiger partial charge in [-0.15, -0.1) is 0 Å². The molecule has 0 N–H and O–H groups in total. The van der Waals surface area contributed by atoms with Crippen LogP contribution in [0.15, 0.2) is 11.8 Å². The van der Waals surface area contributed by atoms with Crippen LogP contribution in [0.1, 0.15) is 25.7 Å². The van der Waals surface area contributed by atoms with E-state index < -0.39 is 0 Å². The summed E-state index contributed by atoms with van der Waals surface area (Å²) in [6.45, 7) is 0. The van der Waals surface area contributed by atoms with Gasteiger partial charge in [0.15, 0.2) is 0 Å². The summed E-state index contributed by atoms with van der Waals surface area (Å²) in [4.78, 5) is 4.16. The van der Waals surface area contributed by atoms with Crippen LogP contribution in [0.4, 0.5) is 0 Å². The lowest BCUT2D eigenvalue weighted by molar-refractivity contribution is 0.294. The van der Waals surface area contributed by atoms with E-state index in [0.29, 0.717) is 0 Å². The molecule has 0 aromatic rings. The molecule has 0 fully saturated rings. The third-order valence-electron chi connectivity index (χ3n) is 2.39. The maximum atomic E-state index is 5.93. The van der Waals surface area contributed by atoms with Crippen molar-refractivity contribution < 1.29 is 4.65 Å². The second kappa shape index (κ2) is 5.42. The fraction of sp³-hybridized carbons (Fsp3) is 0.800. The minimum Gasteiger partial charge on any atom is -0.536 e. The Morgan fingerprint density at radius 2 is 1.79 bits per heavy atom. The van der Waals surface area contributed by atoms with Crippen molar-refractivity contribution in [2.45, 2.75) is 25.7 Å². The van der Waals surface area contributed by atoms with Crippen LogP contribution < -0.4 is 0 Å². The predicted molar refractivity (Wildman–Crippen MR) is 60.8 cm³/mol. The van der Waals surface area contributed by atoms with E-state index in [4.69, 9.17) is 4.65 Å². The molecule has 0 aromatic carbocycles. The van der Waals surface area contributed by atoms with Gasteiger partial charge in [0.05, 0.1) is 5.76 Å². The molecule has 1 rings (SSSR count). The fourth-order valence-corrected chi connectivity index (χ4v) is 1.72. The molecule has 0 unspecified atom stereocenters. The Morgan fingerprint density at radius 1 is 1.14 bits per heavy atom. The zero-order valence-electron chi connectivity index (χ0n) is 9.79. The lowest BCUT2D eigenvalue weighted by Crippen LogP contribution is -2.48. The SMILES string of the molecule is CN(C)B(OC1=CCCCC1)N(C)C. The molecule has 80 valence electrons. The average Bonchev–Trinajstić information content (AvgIpc) is 2.15. The summed E-state index contributed by atoms with van der Waals surface area (Å²) in [6.07, 6.45) is 7.06. The van der Waals surface area contributed by atoms with E-state index >= 15 is 0 Å². The van der Waals surface area contributed by atoms with E-state index in [1.54, 1.807) is 0 Å². The summed E-state index contributed by atoms with van der Waals surface area (Å²) in [5.41, 5.74) is 0. The predicted octanol–water partition coefficient (Wildman–Crippen LogP) is 1.57. The summed E-state index contributed by atoms with van der Waals surface area (Å²) in [6, 6.07) is 0. The van der Waals surface area contributed by atoms with Crippen LogP contribution >= 0.6 is 0 Å². The van der Waals surface area contributed by atoms with Crippen molar-refractivity contribution in [1.29, 1.82) is 0 Å². The van der Waals surface area contributed by atoms with Crippen LogP contribution in [0.25, 0.3) is 0 Å². The number of hydrogen-bond donors (Lipinski definition) is 0. The topological polar surface area (TPSA) is 15.7 Å². The van der Waals surface area contributed by atoms with Crippen molar-refractivity contribution in [2.24, 2.45) is 0 Å². The highest BCUT2D eigenvalue weighted by atomic mass is 16.5. The Kier molecular flexibility index (Phi) is 4.49. The van der Waals surface area contributed by atoms with Gasteiger partial charge in [-0.1, -0.05) is 0 Å². The van der Waals surface area contributed by atoms with Crippen LogP contribution in [0, 0.1) is 0 Å². The van der Waals surface area contributed by atoms with Crippen LogP contribution in [0.3, 0.4) is 0 Å². The Morgan fingerprint density at radius 3 is 2.21 bits per heavy atom. The molecule has 0 heterocycles. The summed E-state index contributed by atoms with van der Waals surface area (Å²) in [7, 11) is 8.20. The van der Waals surface area contributed by atoms with E-state index in [2.05, 4.69) is 15.7 Å². The first-order valence-electron chi connectivity index (χ1n) is 5.30. The summed E-state index contributed by atoms with van der Waals surface area (Å²) in [5, 5.41) is 0. The molecule has 0 aliphatic heterocycles. The fourth-order valence-electron chi connectivity index (χ4n) is 1.72. The minimum absolute atomic E-state index is 0.0550. The third-order valence-corrected chi connectivity index (χ3v) is 2.39. The molecular formula is C10H21BN2O. The van der Waals surface area contributed by atoms with Crippen molar-refractivity contribution in [3.8, 4) is 0 Å². The molecule has 14 heavy (non-hydrogen) atoms. The average molecular weight is 196 g/mol. The highest BCUT2D eigenvalue weighted by Gasteiger charge is 2.26. The lowest BCUT2D eigenvalue weighted by atomic mass is 9.95. The maximum Gasteiger partial charge on any atom is 0.547 e. The van der Waals surface area contributed by atoms with Crippen molar-refractivity contribution in [2.75, 3.05) is 28.2 Å². The van der Waals surface area contributed by atoms with Gasteiger partial charge in [-0.3, -0.25) is 9.62 Å². The van der Waals surface area contributed by atoms with E-state index in [1.807, 2.05) is 28.2 Å². The Hall–Kier alpha value is -0.475. The van der Waals surface area contributed by atoms with Gasteiger partial charge in [-0.2, -0.15) is 0 Å². The summed E-state index contributed by atoms with van der Waals surface area (Å²) in [5.74, 6) is 1.16. The van der Waals surface area contributed by atoms with Crippen LogP contribution in [-0.4, -0.2) is 45.0 Å². The molecule has 0 saturated heterocycles. The molecule has 0 atom stereocenters. The Bertz CT molecular complexity index is 196. The van der Waals surface area contributed by atoms with E-state index in [-0.39, 0.29) is 7.19 Å². The highest BCUT2D eigenvalue weighted by Crippen LogP contribution is 2.19. The number of hydrogen-bond acceptors (Lipinski definition) is 3. The molecule has 0 saturated carbocycles. The molecule has 0 spiro atoms. The van der Waals surface area contributed by atoms with Gasteiger partial charge in [0.25, 0.3) is 0 Å². The zero-order valence-corrected chi connectivity index (χ0v) is 9.79. The molecule has 0 bridgehead atoms. The standard InChI is InChI=1S/C10H21BN2O/c1-12(2)11(13(3)4)14-10-8-6-5-7-9-10/h8H,5-7,9H2,1-4H3. The van der Waals surface area contributed by atoms with Crippen molar-refractivity contribution in [3.05, 3.63) is 11.8 Å². The number of nitrogens with zero attached hydrogens (tertiary/aromatic N) is 2. The minimum atomic E-state index is 0.0550. The summed E-state index contributed by atoms with van der Waals surface area (Å²) >= 11 is 0. The van der Waals surface area contributed by atoms with Crippen LogP contribution in [-0.2, 0) is 4.65 Å². The molecule has 1 aliphatic rings. The molecule has 0 radical (unpaired) electrons. The van der Waals surface area contributed by atoms with Gasteiger partial charge in [-0.25, -0.2) is 0 Å². The normalized spacial score (nSPS) is 17.1. The van der Waals surface area contributed by atoms with Crippen molar-refractivity contribution >= 4 is 7.19 Å². The van der Waals surface area contributed by atoms with E-state index in [9.17, 15) is 0 Å². The Balaban J connectivity index is 2.50. The quantitative estimate of drug-likeness (QED) is 0.634. The first-order chi connectivity index (χ1) is 6.61. The highest BCUT2D eigenvalue weighted by molar-refractivity contribution is 6.45. The third kappa shape index (κ3) is 3.35. The van der Waals surface area contributed by atoms with Crippen LogP contribution in [0.2, 0.25) is 0 Å². The molecule has 3 nitrogen and oxygen atoms in total. The maximum absolute atomic E-state index is 5.93. The summed E-state index contributed by atoms with van der Waals surface area (Å²) < 4.78 is 5.93.